The third kappa shape index (κ3) is 2.31. The van der Waals surface area contributed by atoms with Crippen LogP contribution in [0.5, 0.6) is 0 Å². The van der Waals surface area contributed by atoms with Crippen molar-refractivity contribution >= 4 is 15.7 Å². The number of hydrogen-bond acceptors (Lipinski definition) is 2. The zero-order valence-electron chi connectivity index (χ0n) is 11.4. The Bertz CT molecular complexity index is 710. The second kappa shape index (κ2) is 4.94. The molecule has 1 atom stereocenters. The van der Waals surface area contributed by atoms with E-state index in [4.69, 9.17) is 0 Å². The second-order valence-electron chi connectivity index (χ2n) is 5.15. The largest absolute Gasteiger partial charge is 0.263 e. The Morgan fingerprint density at radius 3 is 2.35 bits per heavy atom. The van der Waals surface area contributed by atoms with Gasteiger partial charge in [0.2, 0.25) is 10.0 Å². The lowest BCUT2D eigenvalue weighted by atomic mass is 9.93. The van der Waals surface area contributed by atoms with E-state index in [9.17, 15) is 8.42 Å². The molecule has 20 heavy (non-hydrogen) atoms. The molecule has 0 saturated carbocycles. The van der Waals surface area contributed by atoms with E-state index >= 15 is 0 Å². The first-order valence-corrected chi connectivity index (χ1v) is 8.54. The van der Waals surface area contributed by atoms with Gasteiger partial charge in [0.15, 0.2) is 0 Å². The zero-order valence-corrected chi connectivity index (χ0v) is 12.2. The number of benzene rings is 2. The molecule has 1 aliphatic rings. The van der Waals surface area contributed by atoms with Gasteiger partial charge in [-0.25, -0.2) is 8.42 Å². The van der Waals surface area contributed by atoms with Gasteiger partial charge in [-0.2, -0.15) is 0 Å². The molecular weight excluding hydrogens is 270 g/mol. The number of nitrogens with zero attached hydrogens (tertiary/aromatic N) is 1. The van der Waals surface area contributed by atoms with Gasteiger partial charge in [-0.15, -0.1) is 0 Å². The van der Waals surface area contributed by atoms with Crippen molar-refractivity contribution in [2.24, 2.45) is 0 Å². The van der Waals surface area contributed by atoms with Gasteiger partial charge in [0.1, 0.15) is 0 Å². The molecule has 0 fully saturated rings. The highest BCUT2D eigenvalue weighted by Crippen LogP contribution is 2.39. The maximum atomic E-state index is 12.3. The monoisotopic (exact) mass is 287 g/mol. The van der Waals surface area contributed by atoms with Crippen LogP contribution in [0.1, 0.15) is 23.6 Å². The molecule has 1 heterocycles. The van der Waals surface area contributed by atoms with Gasteiger partial charge in [0.25, 0.3) is 0 Å². The van der Waals surface area contributed by atoms with Gasteiger partial charge < -0.3 is 0 Å². The van der Waals surface area contributed by atoms with Crippen LogP contribution in [0.3, 0.4) is 0 Å². The van der Waals surface area contributed by atoms with Gasteiger partial charge >= 0.3 is 0 Å². The highest BCUT2D eigenvalue weighted by molar-refractivity contribution is 7.92. The molecule has 0 spiro atoms. The number of para-hydroxylation sites is 1. The standard InChI is InChI=1S/C16H17NO2S/c1-20(18,19)17-15-10-6-5-9-14(15)11-12-16(17)13-7-3-2-4-8-13/h2-10,16H,11-12H2,1H3/t16-/m1/s1. The average molecular weight is 287 g/mol. The molecular formula is C16H17NO2S. The van der Waals surface area contributed by atoms with E-state index in [0.717, 1.165) is 29.7 Å². The summed E-state index contributed by atoms with van der Waals surface area (Å²) >= 11 is 0. The third-order valence-corrected chi connectivity index (χ3v) is 4.91. The average Bonchev–Trinajstić information content (AvgIpc) is 2.46. The van der Waals surface area contributed by atoms with Gasteiger partial charge in [-0.05, 0) is 30.0 Å². The summed E-state index contributed by atoms with van der Waals surface area (Å²) in [7, 11) is -3.30. The molecule has 0 amide bonds. The van der Waals surface area contributed by atoms with E-state index in [2.05, 4.69) is 0 Å². The lowest BCUT2D eigenvalue weighted by molar-refractivity contribution is 0.562. The van der Waals surface area contributed by atoms with Crippen molar-refractivity contribution in [3.05, 3.63) is 65.7 Å². The number of rotatable bonds is 2. The van der Waals surface area contributed by atoms with Crippen LogP contribution in [0.4, 0.5) is 5.69 Å². The smallest absolute Gasteiger partial charge is 0.232 e. The van der Waals surface area contributed by atoms with Gasteiger partial charge in [-0.3, -0.25) is 4.31 Å². The molecule has 0 aromatic heterocycles. The first-order valence-electron chi connectivity index (χ1n) is 6.69. The summed E-state index contributed by atoms with van der Waals surface area (Å²) in [5.74, 6) is 0. The molecule has 3 rings (SSSR count). The summed E-state index contributed by atoms with van der Waals surface area (Å²) in [6.07, 6.45) is 3.00. The fourth-order valence-electron chi connectivity index (χ4n) is 2.90. The number of sulfonamides is 1. The van der Waals surface area contributed by atoms with E-state index < -0.39 is 10.0 Å². The third-order valence-electron chi connectivity index (χ3n) is 3.74. The molecule has 2 aromatic carbocycles. The minimum absolute atomic E-state index is 0.110. The summed E-state index contributed by atoms with van der Waals surface area (Å²) in [6.45, 7) is 0. The van der Waals surface area contributed by atoms with Crippen LogP contribution in [0, 0.1) is 0 Å². The Morgan fingerprint density at radius 1 is 1.00 bits per heavy atom. The van der Waals surface area contributed by atoms with Crippen LogP contribution in [0.15, 0.2) is 54.6 Å². The Hall–Kier alpha value is -1.81. The van der Waals surface area contributed by atoms with E-state index in [1.165, 1.54) is 6.26 Å². The van der Waals surface area contributed by atoms with Gasteiger partial charge in [0.05, 0.1) is 18.0 Å². The maximum absolute atomic E-state index is 12.3. The van der Waals surface area contributed by atoms with Crippen LogP contribution in [0.2, 0.25) is 0 Å². The van der Waals surface area contributed by atoms with Crippen LogP contribution >= 0.6 is 0 Å². The van der Waals surface area contributed by atoms with Crippen LogP contribution in [-0.4, -0.2) is 14.7 Å². The van der Waals surface area contributed by atoms with E-state index in [1.54, 1.807) is 4.31 Å². The van der Waals surface area contributed by atoms with Crippen molar-refractivity contribution in [1.82, 2.24) is 0 Å². The summed E-state index contributed by atoms with van der Waals surface area (Å²) in [6, 6.07) is 17.5. The first kappa shape index (κ1) is 13.2. The molecule has 0 aliphatic carbocycles. The van der Waals surface area contributed by atoms with E-state index in [0.29, 0.717) is 0 Å². The Kier molecular flexibility index (Phi) is 3.26. The van der Waals surface area contributed by atoms with Crippen molar-refractivity contribution in [3.8, 4) is 0 Å². The highest BCUT2D eigenvalue weighted by atomic mass is 32.2. The van der Waals surface area contributed by atoms with Crippen LogP contribution in [0.25, 0.3) is 0 Å². The lowest BCUT2D eigenvalue weighted by Crippen LogP contribution is -2.37. The molecule has 0 bridgehead atoms. The lowest BCUT2D eigenvalue weighted by Gasteiger charge is -2.37. The molecule has 4 heteroatoms. The molecule has 0 radical (unpaired) electrons. The minimum Gasteiger partial charge on any atom is -0.263 e. The number of fused-ring (bicyclic) bond motifs is 1. The van der Waals surface area contributed by atoms with Crippen molar-refractivity contribution in [3.63, 3.8) is 0 Å². The molecule has 0 saturated heterocycles. The summed E-state index contributed by atoms with van der Waals surface area (Å²) in [4.78, 5) is 0. The Labute approximate surface area is 119 Å². The second-order valence-corrected chi connectivity index (χ2v) is 7.01. The normalized spacial score (nSPS) is 18.6. The number of aryl methyl sites for hydroxylation is 1. The Balaban J connectivity index is 2.14. The quantitative estimate of drug-likeness (QED) is 0.851. The van der Waals surface area contributed by atoms with Crippen LogP contribution < -0.4 is 4.31 Å². The van der Waals surface area contributed by atoms with Crippen LogP contribution in [-0.2, 0) is 16.4 Å². The highest BCUT2D eigenvalue weighted by Gasteiger charge is 2.33. The molecule has 2 aromatic rings. The van der Waals surface area contributed by atoms with Crippen molar-refractivity contribution in [2.45, 2.75) is 18.9 Å². The zero-order chi connectivity index (χ0) is 14.2. The molecule has 3 nitrogen and oxygen atoms in total. The molecule has 1 aliphatic heterocycles. The van der Waals surface area contributed by atoms with Crippen molar-refractivity contribution < 1.29 is 8.42 Å². The SMILES string of the molecule is CS(=O)(=O)N1c2ccccc2CC[C@@H]1c1ccccc1. The van der Waals surface area contributed by atoms with Gasteiger partial charge in [0, 0.05) is 0 Å². The summed E-state index contributed by atoms with van der Waals surface area (Å²) in [5.41, 5.74) is 2.97. The maximum Gasteiger partial charge on any atom is 0.232 e. The fraction of sp³-hybridized carbons (Fsp3) is 0.250. The van der Waals surface area contributed by atoms with Gasteiger partial charge in [-0.1, -0.05) is 48.5 Å². The predicted octanol–water partition coefficient (Wildman–Crippen LogP) is 3.14. The fourth-order valence-corrected chi connectivity index (χ4v) is 4.13. The molecule has 0 unspecified atom stereocenters. The molecule has 0 N–H and O–H groups in total. The number of hydrogen-bond donors (Lipinski definition) is 0. The topological polar surface area (TPSA) is 37.4 Å². The van der Waals surface area contributed by atoms with Crippen molar-refractivity contribution in [2.75, 3.05) is 10.6 Å². The number of anilines is 1. The van der Waals surface area contributed by atoms with E-state index in [-0.39, 0.29) is 6.04 Å². The Morgan fingerprint density at radius 2 is 1.65 bits per heavy atom. The molecule has 104 valence electrons. The van der Waals surface area contributed by atoms with Crippen molar-refractivity contribution in [1.29, 1.82) is 0 Å². The minimum atomic E-state index is -3.30. The summed E-state index contributed by atoms with van der Waals surface area (Å²) in [5, 5.41) is 0. The predicted molar refractivity (Wildman–Crippen MR) is 81.3 cm³/mol. The van der Waals surface area contributed by atoms with E-state index in [1.807, 2.05) is 54.6 Å². The summed E-state index contributed by atoms with van der Waals surface area (Å²) < 4.78 is 26.1. The first-order chi connectivity index (χ1) is 9.57.